The van der Waals surface area contributed by atoms with E-state index in [1.807, 2.05) is 48.5 Å². The third kappa shape index (κ3) is 4.93. The average Bonchev–Trinajstić information content (AvgIpc) is 2.59. The molecule has 0 saturated heterocycles. The van der Waals surface area contributed by atoms with Crippen molar-refractivity contribution < 1.29 is 19.4 Å². The quantitative estimate of drug-likeness (QED) is 0.726. The molecular formula is C18H20O4S. The maximum absolute atomic E-state index is 10.9. The number of hydrogen-bond donors (Lipinski definition) is 1. The lowest BCUT2D eigenvalue weighted by molar-refractivity contribution is -0.137. The van der Waals surface area contributed by atoms with Crippen molar-refractivity contribution in [3.8, 4) is 11.5 Å². The van der Waals surface area contributed by atoms with E-state index in [9.17, 15) is 4.79 Å². The highest BCUT2D eigenvalue weighted by atomic mass is 32.2. The Morgan fingerprint density at radius 1 is 1.09 bits per heavy atom. The maximum atomic E-state index is 10.9. The van der Waals surface area contributed by atoms with Gasteiger partial charge in [0.2, 0.25) is 0 Å². The summed E-state index contributed by atoms with van der Waals surface area (Å²) in [6, 6.07) is 15.7. The zero-order valence-electron chi connectivity index (χ0n) is 13.2. The van der Waals surface area contributed by atoms with E-state index in [4.69, 9.17) is 14.6 Å². The second-order valence-electron chi connectivity index (χ2n) is 4.97. The number of benzene rings is 2. The second-order valence-corrected chi connectivity index (χ2v) is 6.24. The van der Waals surface area contributed by atoms with Crippen molar-refractivity contribution in [3.63, 3.8) is 0 Å². The summed E-state index contributed by atoms with van der Waals surface area (Å²) in [5.41, 5.74) is 1.12. The van der Waals surface area contributed by atoms with E-state index in [0.29, 0.717) is 17.9 Å². The molecule has 0 saturated carbocycles. The van der Waals surface area contributed by atoms with Gasteiger partial charge in [-0.05, 0) is 30.2 Å². The molecule has 0 aromatic heterocycles. The van der Waals surface area contributed by atoms with Gasteiger partial charge in [0.15, 0.2) is 11.5 Å². The predicted octanol–water partition coefficient (Wildman–Crippen LogP) is 4.40. The lowest BCUT2D eigenvalue weighted by Gasteiger charge is -2.17. The topological polar surface area (TPSA) is 55.8 Å². The van der Waals surface area contributed by atoms with Gasteiger partial charge < -0.3 is 14.6 Å². The Hall–Kier alpha value is -2.14. The van der Waals surface area contributed by atoms with Crippen molar-refractivity contribution in [1.82, 2.24) is 0 Å². The number of carbonyl (C=O) groups is 1. The Bertz CT molecular complexity index is 643. The smallest absolute Gasteiger partial charge is 0.303 e. The van der Waals surface area contributed by atoms with Gasteiger partial charge in [-0.25, -0.2) is 0 Å². The van der Waals surface area contributed by atoms with Crippen molar-refractivity contribution in [2.45, 2.75) is 23.0 Å². The molecule has 0 aliphatic rings. The summed E-state index contributed by atoms with van der Waals surface area (Å²) in [6.45, 7) is 0. The van der Waals surface area contributed by atoms with Gasteiger partial charge in [-0.1, -0.05) is 30.3 Å². The minimum absolute atomic E-state index is 0.0744. The van der Waals surface area contributed by atoms with Crippen LogP contribution < -0.4 is 9.47 Å². The molecule has 122 valence electrons. The van der Waals surface area contributed by atoms with Crippen molar-refractivity contribution in [1.29, 1.82) is 0 Å². The Labute approximate surface area is 140 Å². The van der Waals surface area contributed by atoms with Crippen LogP contribution in [0.3, 0.4) is 0 Å². The highest BCUT2D eigenvalue weighted by molar-refractivity contribution is 7.99. The van der Waals surface area contributed by atoms with Crippen LogP contribution >= 0.6 is 11.8 Å². The molecule has 5 heteroatoms. The van der Waals surface area contributed by atoms with Crippen LogP contribution in [0.5, 0.6) is 11.5 Å². The van der Waals surface area contributed by atoms with Gasteiger partial charge in [0.25, 0.3) is 0 Å². The number of carboxylic acids is 1. The minimum atomic E-state index is -0.779. The number of ether oxygens (including phenoxy) is 2. The molecule has 23 heavy (non-hydrogen) atoms. The van der Waals surface area contributed by atoms with Crippen LogP contribution in [0.2, 0.25) is 0 Å². The molecule has 0 radical (unpaired) electrons. The van der Waals surface area contributed by atoms with Crippen LogP contribution in [-0.2, 0) is 4.79 Å². The summed E-state index contributed by atoms with van der Waals surface area (Å²) >= 11 is 1.63. The van der Waals surface area contributed by atoms with E-state index in [0.717, 1.165) is 10.5 Å². The van der Waals surface area contributed by atoms with Crippen molar-refractivity contribution in [2.75, 3.05) is 14.2 Å². The average molecular weight is 332 g/mol. The lowest BCUT2D eigenvalue weighted by atomic mass is 10.1. The zero-order valence-corrected chi connectivity index (χ0v) is 14.0. The summed E-state index contributed by atoms with van der Waals surface area (Å²) in [5, 5.41) is 9.05. The molecule has 2 aromatic rings. The van der Waals surface area contributed by atoms with Crippen LogP contribution in [-0.4, -0.2) is 25.3 Å². The SMILES string of the molecule is COc1ccc(SC(CCC(=O)O)c2ccccc2)cc1OC. The lowest BCUT2D eigenvalue weighted by Crippen LogP contribution is -2.00. The van der Waals surface area contributed by atoms with Crippen molar-refractivity contribution in [3.05, 3.63) is 54.1 Å². The number of carboxylic acid groups (broad SMARTS) is 1. The standard InChI is InChI=1S/C18H20O4S/c1-21-15-9-8-14(12-16(15)22-2)23-17(10-11-18(19)20)13-6-4-3-5-7-13/h3-9,12,17H,10-11H2,1-2H3,(H,19,20). The van der Waals surface area contributed by atoms with E-state index >= 15 is 0 Å². The molecule has 2 rings (SSSR count). The van der Waals surface area contributed by atoms with Crippen LogP contribution in [0.4, 0.5) is 0 Å². The molecule has 0 bridgehead atoms. The first kappa shape index (κ1) is 17.2. The molecule has 0 amide bonds. The fourth-order valence-electron chi connectivity index (χ4n) is 2.27. The third-order valence-electron chi connectivity index (χ3n) is 3.43. The summed E-state index contributed by atoms with van der Waals surface area (Å²) < 4.78 is 10.6. The van der Waals surface area contributed by atoms with Gasteiger partial charge in [-0.15, -0.1) is 11.8 Å². The molecule has 4 nitrogen and oxygen atoms in total. The van der Waals surface area contributed by atoms with Gasteiger partial charge >= 0.3 is 5.97 Å². The van der Waals surface area contributed by atoms with Crippen LogP contribution in [0.1, 0.15) is 23.7 Å². The Morgan fingerprint density at radius 3 is 2.39 bits per heavy atom. The van der Waals surface area contributed by atoms with Gasteiger partial charge in [-0.2, -0.15) is 0 Å². The maximum Gasteiger partial charge on any atom is 0.303 e. The first-order chi connectivity index (χ1) is 11.1. The monoisotopic (exact) mass is 332 g/mol. The first-order valence-electron chi connectivity index (χ1n) is 7.29. The van der Waals surface area contributed by atoms with Crippen LogP contribution in [0.25, 0.3) is 0 Å². The Morgan fingerprint density at radius 2 is 1.78 bits per heavy atom. The molecular weight excluding hydrogens is 312 g/mol. The first-order valence-corrected chi connectivity index (χ1v) is 8.17. The van der Waals surface area contributed by atoms with Gasteiger partial charge in [-0.3, -0.25) is 4.79 Å². The molecule has 1 N–H and O–H groups in total. The van der Waals surface area contributed by atoms with Gasteiger partial charge in [0.1, 0.15) is 0 Å². The van der Waals surface area contributed by atoms with Crippen LogP contribution in [0.15, 0.2) is 53.4 Å². The third-order valence-corrected chi connectivity index (χ3v) is 4.74. The predicted molar refractivity (Wildman–Crippen MR) is 91.5 cm³/mol. The number of rotatable bonds is 8. The number of aliphatic carboxylic acids is 1. The molecule has 1 atom stereocenters. The van der Waals surface area contributed by atoms with E-state index in [2.05, 4.69) is 0 Å². The number of thioether (sulfide) groups is 1. The van der Waals surface area contributed by atoms with E-state index in [1.165, 1.54) is 0 Å². The highest BCUT2D eigenvalue weighted by Gasteiger charge is 2.16. The molecule has 1 unspecified atom stereocenters. The molecule has 0 heterocycles. The normalized spacial score (nSPS) is 11.7. The zero-order chi connectivity index (χ0) is 16.7. The molecule has 0 fully saturated rings. The molecule has 0 spiro atoms. The summed E-state index contributed by atoms with van der Waals surface area (Å²) in [7, 11) is 3.20. The number of hydrogen-bond acceptors (Lipinski definition) is 4. The molecule has 0 aliphatic carbocycles. The highest BCUT2D eigenvalue weighted by Crippen LogP contribution is 2.41. The summed E-state index contributed by atoms with van der Waals surface area (Å²) in [6.07, 6.45) is 0.707. The molecule has 0 aliphatic heterocycles. The Kier molecular flexibility index (Phi) is 6.35. The fraction of sp³-hybridized carbons (Fsp3) is 0.278. The summed E-state index contributed by atoms with van der Waals surface area (Å²) in [4.78, 5) is 11.9. The van der Waals surface area contributed by atoms with Gasteiger partial charge in [0.05, 0.1) is 14.2 Å². The largest absolute Gasteiger partial charge is 0.493 e. The second kappa shape index (κ2) is 8.48. The Balaban J connectivity index is 2.21. The fourth-order valence-corrected chi connectivity index (χ4v) is 3.45. The van der Waals surface area contributed by atoms with Gasteiger partial charge in [0, 0.05) is 16.6 Å². The van der Waals surface area contributed by atoms with E-state index in [-0.39, 0.29) is 11.7 Å². The number of methoxy groups -OCH3 is 2. The summed E-state index contributed by atoms with van der Waals surface area (Å²) in [5.74, 6) is 0.569. The molecule has 2 aromatic carbocycles. The van der Waals surface area contributed by atoms with E-state index < -0.39 is 5.97 Å². The van der Waals surface area contributed by atoms with E-state index in [1.54, 1.807) is 26.0 Å². The van der Waals surface area contributed by atoms with Crippen LogP contribution in [0, 0.1) is 0 Å². The van der Waals surface area contributed by atoms with Crippen molar-refractivity contribution in [2.24, 2.45) is 0 Å². The van der Waals surface area contributed by atoms with Crippen molar-refractivity contribution >= 4 is 17.7 Å². The minimum Gasteiger partial charge on any atom is -0.493 e.